The Morgan fingerprint density at radius 3 is 2.76 bits per heavy atom. The number of carbonyl (C=O) groups is 2. The highest BCUT2D eigenvalue weighted by molar-refractivity contribution is 6.02. The number of aromatic amines is 1. The number of carboxylic acids is 1. The third-order valence-corrected chi connectivity index (χ3v) is 5.42. The van der Waals surface area contributed by atoms with E-state index in [0.717, 1.165) is 28.9 Å². The normalized spacial score (nSPS) is 14.6. The molecule has 1 aliphatic carbocycles. The molecule has 6 heteroatoms. The van der Waals surface area contributed by atoms with Crippen LogP contribution in [0.2, 0.25) is 0 Å². The smallest absolute Gasteiger partial charge is 0.337 e. The lowest BCUT2D eigenvalue weighted by Crippen LogP contribution is -2.22. The molecular formula is C23H21N3O3. The number of nitrogens with zero attached hydrogens (tertiary/aromatic N) is 1. The van der Waals surface area contributed by atoms with Gasteiger partial charge in [-0.05, 0) is 40.7 Å². The Kier molecular flexibility index (Phi) is 4.54. The van der Waals surface area contributed by atoms with E-state index in [0.29, 0.717) is 12.0 Å². The molecule has 29 heavy (non-hydrogen) atoms. The van der Waals surface area contributed by atoms with Gasteiger partial charge in [0.25, 0.3) is 0 Å². The monoisotopic (exact) mass is 387 g/mol. The summed E-state index contributed by atoms with van der Waals surface area (Å²) >= 11 is 0. The van der Waals surface area contributed by atoms with E-state index in [-0.39, 0.29) is 16.7 Å². The van der Waals surface area contributed by atoms with E-state index in [4.69, 9.17) is 0 Å². The molecule has 1 heterocycles. The molecule has 1 aromatic heterocycles. The van der Waals surface area contributed by atoms with Gasteiger partial charge < -0.3 is 15.4 Å². The summed E-state index contributed by atoms with van der Waals surface area (Å²) < 4.78 is 0. The van der Waals surface area contributed by atoms with Crippen LogP contribution in [0.4, 0.5) is 5.69 Å². The lowest BCUT2D eigenvalue weighted by Gasteiger charge is -2.32. The largest absolute Gasteiger partial charge is 0.478 e. The Balaban J connectivity index is 1.93. The molecule has 0 spiro atoms. The number of rotatable bonds is 5. The predicted molar refractivity (Wildman–Crippen MR) is 112 cm³/mol. The van der Waals surface area contributed by atoms with Crippen molar-refractivity contribution in [2.45, 2.75) is 25.7 Å². The molecule has 146 valence electrons. The number of fused-ring (bicyclic) bond motifs is 1. The first-order valence-electron chi connectivity index (χ1n) is 9.34. The van der Waals surface area contributed by atoms with Gasteiger partial charge in [-0.2, -0.15) is 0 Å². The van der Waals surface area contributed by atoms with Crippen LogP contribution in [0, 0.1) is 0 Å². The summed E-state index contributed by atoms with van der Waals surface area (Å²) in [5.74, 6) is -0.295. The van der Waals surface area contributed by atoms with Crippen LogP contribution in [-0.2, 0) is 10.2 Å². The summed E-state index contributed by atoms with van der Waals surface area (Å²) in [6.45, 7) is 4.40. The minimum absolute atomic E-state index is 0.0310. The summed E-state index contributed by atoms with van der Waals surface area (Å²) in [6.07, 6.45) is 7.09. The average Bonchev–Trinajstić information content (AvgIpc) is 3.22. The second-order valence-corrected chi connectivity index (χ2v) is 7.70. The van der Waals surface area contributed by atoms with Crippen LogP contribution >= 0.6 is 0 Å². The van der Waals surface area contributed by atoms with Gasteiger partial charge in [0.15, 0.2) is 0 Å². The SMILES string of the molecule is CC1(C)CC=C(c2ncc[nH]2)c2cc(-c3cccc(C(=O)O)c3NC=O)ccc21. The quantitative estimate of drug-likeness (QED) is 0.564. The van der Waals surface area contributed by atoms with Crippen LogP contribution < -0.4 is 5.32 Å². The topological polar surface area (TPSA) is 95.1 Å². The second-order valence-electron chi connectivity index (χ2n) is 7.70. The number of nitrogens with one attached hydrogen (secondary N) is 2. The second kappa shape index (κ2) is 7.05. The van der Waals surface area contributed by atoms with Crippen LogP contribution in [0.5, 0.6) is 0 Å². The first kappa shape index (κ1) is 18.7. The lowest BCUT2D eigenvalue weighted by atomic mass is 9.72. The van der Waals surface area contributed by atoms with Gasteiger partial charge in [0.05, 0.1) is 11.3 Å². The Morgan fingerprint density at radius 1 is 1.24 bits per heavy atom. The number of para-hydroxylation sites is 1. The fraction of sp³-hybridized carbons (Fsp3) is 0.174. The summed E-state index contributed by atoms with van der Waals surface area (Å²) in [4.78, 5) is 30.3. The minimum atomic E-state index is -1.09. The number of H-pyrrole nitrogens is 1. The molecule has 4 rings (SSSR count). The van der Waals surface area contributed by atoms with Gasteiger partial charge in [-0.1, -0.05) is 44.2 Å². The molecule has 0 saturated carbocycles. The first-order chi connectivity index (χ1) is 13.9. The van der Waals surface area contributed by atoms with Crippen molar-refractivity contribution in [3.8, 4) is 11.1 Å². The number of aromatic nitrogens is 2. The van der Waals surface area contributed by atoms with E-state index >= 15 is 0 Å². The molecule has 0 saturated heterocycles. The molecule has 0 bridgehead atoms. The highest BCUT2D eigenvalue weighted by atomic mass is 16.4. The van der Waals surface area contributed by atoms with E-state index in [2.05, 4.69) is 41.3 Å². The highest BCUT2D eigenvalue weighted by Crippen LogP contribution is 2.43. The minimum Gasteiger partial charge on any atom is -0.478 e. The maximum Gasteiger partial charge on any atom is 0.337 e. The van der Waals surface area contributed by atoms with Gasteiger partial charge in [-0.25, -0.2) is 9.78 Å². The number of carboxylic acid groups (broad SMARTS) is 1. The molecule has 0 fully saturated rings. The summed E-state index contributed by atoms with van der Waals surface area (Å²) in [7, 11) is 0. The van der Waals surface area contributed by atoms with Gasteiger partial charge in [0, 0.05) is 23.5 Å². The van der Waals surface area contributed by atoms with Crippen molar-refractivity contribution < 1.29 is 14.7 Å². The Hall–Kier alpha value is -3.67. The van der Waals surface area contributed by atoms with E-state index < -0.39 is 5.97 Å². The van der Waals surface area contributed by atoms with E-state index in [9.17, 15) is 14.7 Å². The summed E-state index contributed by atoms with van der Waals surface area (Å²) in [6, 6.07) is 11.1. The number of carbonyl (C=O) groups excluding carboxylic acids is 1. The molecular weight excluding hydrogens is 366 g/mol. The number of anilines is 1. The lowest BCUT2D eigenvalue weighted by molar-refractivity contribution is -0.105. The zero-order valence-electron chi connectivity index (χ0n) is 16.2. The van der Waals surface area contributed by atoms with Gasteiger partial charge in [0.1, 0.15) is 5.82 Å². The summed E-state index contributed by atoms with van der Waals surface area (Å²) in [5, 5.41) is 12.1. The van der Waals surface area contributed by atoms with E-state index in [1.807, 2.05) is 18.2 Å². The maximum absolute atomic E-state index is 11.6. The standard InChI is InChI=1S/C23H21N3O3/c1-23(2)9-8-16(21-24-10-11-25-21)18-12-14(6-7-19(18)23)15-4-3-5-17(22(28)29)20(15)26-13-27/h3-8,10-13H,9H2,1-2H3,(H,24,25)(H,26,27)(H,28,29). The van der Waals surface area contributed by atoms with Gasteiger partial charge in [0.2, 0.25) is 6.41 Å². The van der Waals surface area contributed by atoms with Crippen LogP contribution in [-0.4, -0.2) is 27.5 Å². The molecule has 0 aliphatic heterocycles. The van der Waals surface area contributed by atoms with Crippen LogP contribution in [0.15, 0.2) is 54.9 Å². The van der Waals surface area contributed by atoms with Crippen LogP contribution in [0.25, 0.3) is 16.7 Å². The number of allylic oxidation sites excluding steroid dienone is 1. The number of amides is 1. The van der Waals surface area contributed by atoms with E-state index in [1.54, 1.807) is 18.5 Å². The predicted octanol–water partition coefficient (Wildman–Crippen LogP) is 4.46. The third kappa shape index (κ3) is 3.23. The fourth-order valence-electron chi connectivity index (χ4n) is 3.92. The fourth-order valence-corrected chi connectivity index (χ4v) is 3.92. The van der Waals surface area contributed by atoms with Crippen molar-refractivity contribution in [2.24, 2.45) is 0 Å². The highest BCUT2D eigenvalue weighted by Gasteiger charge is 2.30. The molecule has 0 atom stereocenters. The Labute approximate surface area is 168 Å². The zero-order chi connectivity index (χ0) is 20.6. The van der Waals surface area contributed by atoms with Crippen LogP contribution in [0.3, 0.4) is 0 Å². The molecule has 0 unspecified atom stereocenters. The van der Waals surface area contributed by atoms with Gasteiger partial charge >= 0.3 is 5.97 Å². The number of hydrogen-bond donors (Lipinski definition) is 3. The maximum atomic E-state index is 11.6. The molecule has 1 amide bonds. The molecule has 0 radical (unpaired) electrons. The zero-order valence-corrected chi connectivity index (χ0v) is 16.2. The molecule has 1 aliphatic rings. The van der Waals surface area contributed by atoms with Gasteiger partial charge in [-0.15, -0.1) is 0 Å². The van der Waals surface area contributed by atoms with Crippen molar-refractivity contribution >= 4 is 23.6 Å². The molecule has 3 aromatic rings. The third-order valence-electron chi connectivity index (χ3n) is 5.42. The first-order valence-corrected chi connectivity index (χ1v) is 9.34. The van der Waals surface area contributed by atoms with Gasteiger partial charge in [-0.3, -0.25) is 4.79 Å². The van der Waals surface area contributed by atoms with Crippen molar-refractivity contribution in [3.63, 3.8) is 0 Å². The Morgan fingerprint density at radius 2 is 2.07 bits per heavy atom. The van der Waals surface area contributed by atoms with Crippen molar-refractivity contribution in [3.05, 3.63) is 77.4 Å². The summed E-state index contributed by atoms with van der Waals surface area (Å²) in [5.41, 5.74) is 5.05. The molecule has 6 nitrogen and oxygen atoms in total. The van der Waals surface area contributed by atoms with Crippen molar-refractivity contribution in [1.82, 2.24) is 9.97 Å². The number of aromatic carboxylic acids is 1. The number of benzene rings is 2. The number of imidazole rings is 1. The molecule has 3 N–H and O–H groups in total. The van der Waals surface area contributed by atoms with Crippen molar-refractivity contribution in [1.29, 1.82) is 0 Å². The Bertz CT molecular complexity index is 1130. The molecule has 2 aromatic carbocycles. The van der Waals surface area contributed by atoms with Crippen molar-refractivity contribution in [2.75, 3.05) is 5.32 Å². The average molecular weight is 387 g/mol. The van der Waals surface area contributed by atoms with Crippen LogP contribution in [0.1, 0.15) is 47.6 Å². The van der Waals surface area contributed by atoms with E-state index in [1.165, 1.54) is 11.6 Å². The number of hydrogen-bond acceptors (Lipinski definition) is 3.